The van der Waals surface area contributed by atoms with Gasteiger partial charge in [0.15, 0.2) is 5.16 Å². The fourth-order valence-electron chi connectivity index (χ4n) is 3.41. The maximum Gasteiger partial charge on any atom is 0.345 e. The Balaban J connectivity index is 1.70. The minimum absolute atomic E-state index is 0.00679. The van der Waals surface area contributed by atoms with Crippen LogP contribution in [0, 0.1) is 0 Å². The van der Waals surface area contributed by atoms with E-state index >= 15 is 0 Å². The number of rotatable bonds is 7. The molecule has 10 nitrogen and oxygen atoms in total. The fourth-order valence-corrected chi connectivity index (χ4v) is 4.90. The summed E-state index contributed by atoms with van der Waals surface area (Å²) >= 11 is 1.19. The number of benzene rings is 2. The lowest BCUT2D eigenvalue weighted by molar-refractivity contribution is -0.133. The summed E-state index contributed by atoms with van der Waals surface area (Å²) in [5.74, 6) is -0.755. The second kappa shape index (κ2) is 8.89. The molecular formula is C21H21N5O5S2. The third-order valence-electron chi connectivity index (χ3n) is 4.97. The number of primary sulfonamides is 1. The smallest absolute Gasteiger partial charge is 0.345 e. The Kier molecular flexibility index (Phi) is 6.15. The molecule has 2 heterocycles. The SMILES string of the molecule is CCn1c(SC/C(O)=C(\C(=O)OC)c2nc3ccccc3[nH]2)nc2cc(S(N)(=O)=O)ccc21. The third kappa shape index (κ3) is 4.45. The van der Waals surface area contributed by atoms with Gasteiger partial charge in [0.1, 0.15) is 17.2 Å². The van der Waals surface area contributed by atoms with E-state index in [-0.39, 0.29) is 27.8 Å². The van der Waals surface area contributed by atoms with E-state index in [1.54, 1.807) is 12.1 Å². The summed E-state index contributed by atoms with van der Waals surface area (Å²) in [7, 11) is -2.63. The van der Waals surface area contributed by atoms with Crippen LogP contribution in [0.5, 0.6) is 0 Å². The number of thioether (sulfide) groups is 1. The van der Waals surface area contributed by atoms with Crippen LogP contribution in [-0.2, 0) is 26.1 Å². The summed E-state index contributed by atoms with van der Waals surface area (Å²) in [6, 6.07) is 11.7. The van der Waals surface area contributed by atoms with Crippen molar-refractivity contribution in [3.8, 4) is 0 Å². The zero-order valence-corrected chi connectivity index (χ0v) is 19.4. The van der Waals surface area contributed by atoms with Gasteiger partial charge in [-0.25, -0.2) is 28.3 Å². The molecule has 0 saturated carbocycles. The molecule has 0 amide bonds. The standard InChI is InChI=1S/C21H21N5O5S2/c1-3-26-16-9-8-12(33(22,29)30)10-15(16)25-21(26)32-11-17(27)18(20(28)31-2)19-23-13-6-4-5-7-14(13)24-19/h4-10,27H,3,11H2,1-2H3,(H,23,24)(H2,22,29,30)/b18-17+. The minimum Gasteiger partial charge on any atom is -0.510 e. The highest BCUT2D eigenvalue weighted by Gasteiger charge is 2.23. The summed E-state index contributed by atoms with van der Waals surface area (Å²) in [6.45, 7) is 2.48. The van der Waals surface area contributed by atoms with Crippen molar-refractivity contribution in [1.82, 2.24) is 19.5 Å². The summed E-state index contributed by atoms with van der Waals surface area (Å²) in [5, 5.41) is 16.6. The Morgan fingerprint density at radius 3 is 2.64 bits per heavy atom. The van der Waals surface area contributed by atoms with Gasteiger partial charge in [0.25, 0.3) is 0 Å². The number of ether oxygens (including phenoxy) is 1. The Morgan fingerprint density at radius 1 is 1.21 bits per heavy atom. The number of aliphatic hydroxyl groups excluding tert-OH is 1. The number of aromatic amines is 1. The van der Waals surface area contributed by atoms with E-state index in [1.807, 2.05) is 29.7 Å². The second-order valence-corrected chi connectivity index (χ2v) is 9.54. The van der Waals surface area contributed by atoms with Crippen molar-refractivity contribution in [3.63, 3.8) is 0 Å². The van der Waals surface area contributed by atoms with Crippen LogP contribution in [0.4, 0.5) is 0 Å². The number of imidazole rings is 2. The number of nitrogens with two attached hydrogens (primary N) is 1. The second-order valence-electron chi connectivity index (χ2n) is 7.04. The third-order valence-corrected chi connectivity index (χ3v) is 6.87. The van der Waals surface area contributed by atoms with Crippen LogP contribution < -0.4 is 5.14 Å². The summed E-state index contributed by atoms with van der Waals surface area (Å²) < 4.78 is 30.1. The average Bonchev–Trinajstić information content (AvgIpc) is 3.36. The number of aromatic nitrogens is 4. The first-order chi connectivity index (χ1) is 15.7. The van der Waals surface area contributed by atoms with E-state index in [0.717, 1.165) is 5.52 Å². The topological polar surface area (TPSA) is 153 Å². The van der Waals surface area contributed by atoms with E-state index in [0.29, 0.717) is 28.3 Å². The Bertz CT molecular complexity index is 1470. The predicted octanol–water partition coefficient (Wildman–Crippen LogP) is 2.81. The van der Waals surface area contributed by atoms with Crippen molar-refractivity contribution in [2.45, 2.75) is 23.5 Å². The van der Waals surface area contributed by atoms with Crippen LogP contribution in [0.25, 0.3) is 27.6 Å². The maximum absolute atomic E-state index is 12.4. The number of esters is 1. The predicted molar refractivity (Wildman–Crippen MR) is 125 cm³/mol. The van der Waals surface area contributed by atoms with Gasteiger partial charge in [0, 0.05) is 6.54 Å². The number of H-pyrrole nitrogens is 1. The fraction of sp³-hybridized carbons (Fsp3) is 0.190. The molecular weight excluding hydrogens is 466 g/mol. The summed E-state index contributed by atoms with van der Waals surface area (Å²) in [4.78, 5) is 24.3. The van der Waals surface area contributed by atoms with Gasteiger partial charge in [-0.2, -0.15) is 0 Å². The van der Waals surface area contributed by atoms with Crippen LogP contribution in [0.3, 0.4) is 0 Å². The Labute approximate surface area is 193 Å². The number of para-hydroxylation sites is 2. The lowest BCUT2D eigenvalue weighted by atomic mass is 10.2. The number of nitrogens with zero attached hydrogens (tertiary/aromatic N) is 3. The Hall–Kier alpha value is -3.35. The molecule has 0 saturated heterocycles. The van der Waals surface area contributed by atoms with Crippen molar-refractivity contribution >= 4 is 55.4 Å². The van der Waals surface area contributed by atoms with E-state index < -0.39 is 16.0 Å². The van der Waals surface area contributed by atoms with Crippen LogP contribution in [0.2, 0.25) is 0 Å². The molecule has 4 N–H and O–H groups in total. The van der Waals surface area contributed by atoms with Crippen molar-refractivity contribution in [2.75, 3.05) is 12.9 Å². The van der Waals surface area contributed by atoms with E-state index in [9.17, 15) is 18.3 Å². The first kappa shape index (κ1) is 22.8. The molecule has 0 spiro atoms. The molecule has 12 heteroatoms. The molecule has 0 bridgehead atoms. The van der Waals surface area contributed by atoms with Crippen LogP contribution in [0.1, 0.15) is 12.7 Å². The number of carbonyl (C=O) groups is 1. The molecule has 2 aromatic heterocycles. The highest BCUT2D eigenvalue weighted by molar-refractivity contribution is 7.99. The van der Waals surface area contributed by atoms with Crippen LogP contribution in [-0.4, -0.2) is 51.9 Å². The number of nitrogens with one attached hydrogen (secondary N) is 1. The van der Waals surface area contributed by atoms with Gasteiger partial charge in [0.05, 0.1) is 39.8 Å². The maximum atomic E-state index is 12.4. The monoisotopic (exact) mass is 487 g/mol. The quantitative estimate of drug-likeness (QED) is 0.156. The highest BCUT2D eigenvalue weighted by Crippen LogP contribution is 2.29. The number of aliphatic hydroxyl groups is 1. The average molecular weight is 488 g/mol. The molecule has 172 valence electrons. The van der Waals surface area contributed by atoms with Gasteiger partial charge < -0.3 is 19.4 Å². The number of hydrogen-bond donors (Lipinski definition) is 3. The number of methoxy groups -OCH3 is 1. The van der Waals surface area contributed by atoms with Gasteiger partial charge in [-0.05, 0) is 37.3 Å². The molecule has 2 aromatic carbocycles. The zero-order chi connectivity index (χ0) is 23.8. The molecule has 0 aliphatic heterocycles. The summed E-state index contributed by atoms with van der Waals surface area (Å²) in [5.41, 5.74) is 2.47. The molecule has 0 atom stereocenters. The molecule has 0 aliphatic carbocycles. The van der Waals surface area contributed by atoms with E-state index in [1.165, 1.54) is 31.0 Å². The molecule has 0 fully saturated rings. The van der Waals surface area contributed by atoms with Crippen molar-refractivity contribution in [2.24, 2.45) is 5.14 Å². The van der Waals surface area contributed by atoms with Crippen LogP contribution in [0.15, 0.2) is 58.3 Å². The van der Waals surface area contributed by atoms with Gasteiger partial charge in [-0.15, -0.1) is 0 Å². The van der Waals surface area contributed by atoms with E-state index in [2.05, 4.69) is 15.0 Å². The first-order valence-electron chi connectivity index (χ1n) is 9.84. The highest BCUT2D eigenvalue weighted by atomic mass is 32.2. The number of sulfonamides is 1. The molecule has 4 aromatic rings. The largest absolute Gasteiger partial charge is 0.510 e. The number of fused-ring (bicyclic) bond motifs is 2. The molecule has 0 unspecified atom stereocenters. The molecule has 0 radical (unpaired) electrons. The van der Waals surface area contributed by atoms with Crippen molar-refractivity contribution < 1.29 is 23.1 Å². The lowest BCUT2D eigenvalue weighted by Crippen LogP contribution is -2.11. The summed E-state index contributed by atoms with van der Waals surface area (Å²) in [6.07, 6.45) is 0. The van der Waals surface area contributed by atoms with Gasteiger partial charge in [0.2, 0.25) is 10.0 Å². The number of aryl methyl sites for hydroxylation is 1. The van der Waals surface area contributed by atoms with E-state index in [4.69, 9.17) is 9.88 Å². The minimum atomic E-state index is -3.86. The number of carbonyl (C=O) groups excluding carboxylic acids is 1. The lowest BCUT2D eigenvalue weighted by Gasteiger charge is -2.08. The molecule has 33 heavy (non-hydrogen) atoms. The zero-order valence-electron chi connectivity index (χ0n) is 17.8. The van der Waals surface area contributed by atoms with Crippen molar-refractivity contribution in [3.05, 3.63) is 54.0 Å². The molecule has 0 aliphatic rings. The van der Waals surface area contributed by atoms with Gasteiger partial charge in [-0.3, -0.25) is 0 Å². The van der Waals surface area contributed by atoms with Gasteiger partial charge in [-0.1, -0.05) is 23.9 Å². The first-order valence-corrected chi connectivity index (χ1v) is 12.4. The number of hydrogen-bond acceptors (Lipinski definition) is 8. The van der Waals surface area contributed by atoms with Crippen molar-refractivity contribution in [1.29, 1.82) is 0 Å². The Morgan fingerprint density at radius 2 is 1.97 bits per heavy atom. The van der Waals surface area contributed by atoms with Gasteiger partial charge >= 0.3 is 5.97 Å². The molecule has 4 rings (SSSR count). The van der Waals surface area contributed by atoms with Crippen LogP contribution >= 0.6 is 11.8 Å². The normalized spacial score (nSPS) is 12.8.